The molecule has 1 fully saturated rings. The number of phenolic OH excluding ortho intramolecular Hbond substituents is 1. The van der Waals surface area contributed by atoms with E-state index in [1.807, 2.05) is 18.2 Å². The second kappa shape index (κ2) is 9.60. The molecule has 1 aliphatic heterocycles. The number of phenols is 1. The van der Waals surface area contributed by atoms with E-state index in [-0.39, 0.29) is 23.3 Å². The van der Waals surface area contributed by atoms with Gasteiger partial charge in [-0.2, -0.15) is 8.75 Å². The maximum Gasteiger partial charge on any atom is 0.257 e. The van der Waals surface area contributed by atoms with Crippen LogP contribution in [0.2, 0.25) is 0 Å². The SMILES string of the molecule is CC[C@@H](Nc1nc2nsnc2nc1Nc1cccc(C(=O)N2CCCC2)c1O)c1ccccc1. The first kappa shape index (κ1) is 22.0. The van der Waals surface area contributed by atoms with E-state index in [1.165, 1.54) is 0 Å². The summed E-state index contributed by atoms with van der Waals surface area (Å²) in [5, 5.41) is 17.6. The minimum absolute atomic E-state index is 0.00299. The normalized spacial score (nSPS) is 14.3. The average molecular weight is 476 g/mol. The number of amides is 1. The summed E-state index contributed by atoms with van der Waals surface area (Å²) in [4.78, 5) is 23.9. The van der Waals surface area contributed by atoms with Crippen LogP contribution in [0.3, 0.4) is 0 Å². The van der Waals surface area contributed by atoms with Crippen molar-refractivity contribution in [2.45, 2.75) is 32.2 Å². The number of hydrogen-bond donors (Lipinski definition) is 3. The van der Waals surface area contributed by atoms with E-state index in [1.54, 1.807) is 23.1 Å². The number of anilines is 3. The second-order valence-electron chi connectivity index (χ2n) is 8.17. The monoisotopic (exact) mass is 475 g/mol. The molecule has 1 atom stereocenters. The molecule has 0 saturated carbocycles. The summed E-state index contributed by atoms with van der Waals surface area (Å²) in [6.07, 6.45) is 2.79. The molecule has 174 valence electrons. The Morgan fingerprint density at radius 3 is 2.44 bits per heavy atom. The summed E-state index contributed by atoms with van der Waals surface area (Å²) in [7, 11) is 0. The number of benzene rings is 2. The Bertz CT molecular complexity index is 1310. The third-order valence-corrected chi connectivity index (χ3v) is 6.46. The molecule has 0 unspecified atom stereocenters. The van der Waals surface area contributed by atoms with Gasteiger partial charge < -0.3 is 20.6 Å². The minimum atomic E-state index is -0.169. The minimum Gasteiger partial charge on any atom is -0.505 e. The smallest absolute Gasteiger partial charge is 0.257 e. The van der Waals surface area contributed by atoms with Crippen LogP contribution in [-0.4, -0.2) is 47.7 Å². The number of carbonyl (C=O) groups excluding carboxylic acids is 1. The number of aromatic nitrogens is 4. The first-order valence-electron chi connectivity index (χ1n) is 11.3. The van der Waals surface area contributed by atoms with Crippen LogP contribution in [0.15, 0.2) is 48.5 Å². The van der Waals surface area contributed by atoms with Gasteiger partial charge in [0.1, 0.15) is 0 Å². The maximum atomic E-state index is 12.9. The van der Waals surface area contributed by atoms with Crippen LogP contribution in [0.5, 0.6) is 5.75 Å². The summed E-state index contributed by atoms with van der Waals surface area (Å²) >= 11 is 1.04. The van der Waals surface area contributed by atoms with Gasteiger partial charge in [-0.1, -0.05) is 43.3 Å². The Hall–Kier alpha value is -3.79. The fourth-order valence-electron chi connectivity index (χ4n) is 4.13. The van der Waals surface area contributed by atoms with E-state index in [2.05, 4.69) is 48.4 Å². The highest BCUT2D eigenvalue weighted by atomic mass is 32.1. The van der Waals surface area contributed by atoms with Gasteiger partial charge in [0.2, 0.25) is 11.3 Å². The molecule has 34 heavy (non-hydrogen) atoms. The number of rotatable bonds is 7. The van der Waals surface area contributed by atoms with Gasteiger partial charge in [0.25, 0.3) is 5.91 Å². The predicted molar refractivity (Wildman–Crippen MR) is 133 cm³/mol. The van der Waals surface area contributed by atoms with E-state index in [0.29, 0.717) is 41.7 Å². The second-order valence-corrected chi connectivity index (χ2v) is 8.70. The summed E-state index contributed by atoms with van der Waals surface area (Å²) in [6.45, 7) is 3.51. The van der Waals surface area contributed by atoms with Crippen LogP contribution in [-0.2, 0) is 0 Å². The Morgan fingerprint density at radius 2 is 1.74 bits per heavy atom. The Balaban J connectivity index is 1.49. The van der Waals surface area contributed by atoms with Crippen molar-refractivity contribution in [3.8, 4) is 5.75 Å². The number of carbonyl (C=O) groups is 1. The zero-order valence-electron chi connectivity index (χ0n) is 18.7. The molecule has 1 aliphatic rings. The van der Waals surface area contributed by atoms with Crippen molar-refractivity contribution in [3.05, 3.63) is 59.7 Å². The lowest BCUT2D eigenvalue weighted by Crippen LogP contribution is -2.27. The van der Waals surface area contributed by atoms with Crippen LogP contribution >= 0.6 is 11.7 Å². The molecule has 1 amide bonds. The van der Waals surface area contributed by atoms with Crippen LogP contribution < -0.4 is 10.6 Å². The molecule has 9 nitrogen and oxygen atoms in total. The lowest BCUT2D eigenvalue weighted by atomic mass is 10.0. The standard InChI is InChI=1S/C24H25N7O2S/c1-2-17(15-9-4-3-5-10-15)25-20-21(28-23-22(27-20)29-34-30-23)26-18-12-8-11-16(19(18)32)24(33)31-13-6-7-14-31/h3-5,8-12,17,32H,2,6-7,13-14H2,1H3,(H,25,27,29)(H,26,28,30)/t17-/m1/s1. The van der Waals surface area contributed by atoms with Gasteiger partial charge in [0.05, 0.1) is 29.0 Å². The molecule has 0 spiro atoms. The highest BCUT2D eigenvalue weighted by Gasteiger charge is 2.24. The first-order chi connectivity index (χ1) is 16.6. The highest BCUT2D eigenvalue weighted by molar-refractivity contribution is 6.99. The van der Waals surface area contributed by atoms with Gasteiger partial charge in [-0.3, -0.25) is 4.79 Å². The number of hydrogen-bond acceptors (Lipinski definition) is 9. The van der Waals surface area contributed by atoms with Gasteiger partial charge in [0.15, 0.2) is 17.4 Å². The third kappa shape index (κ3) is 4.36. The van der Waals surface area contributed by atoms with Crippen molar-refractivity contribution in [1.82, 2.24) is 23.6 Å². The van der Waals surface area contributed by atoms with Crippen LogP contribution in [0.1, 0.15) is 48.1 Å². The molecule has 10 heteroatoms. The van der Waals surface area contributed by atoms with Crippen LogP contribution in [0, 0.1) is 0 Å². The highest BCUT2D eigenvalue weighted by Crippen LogP contribution is 2.34. The van der Waals surface area contributed by atoms with Crippen molar-refractivity contribution in [2.75, 3.05) is 23.7 Å². The topological polar surface area (TPSA) is 116 Å². The average Bonchev–Trinajstić information content (AvgIpc) is 3.56. The van der Waals surface area contributed by atoms with Crippen molar-refractivity contribution < 1.29 is 9.90 Å². The molecule has 5 rings (SSSR count). The molecular formula is C24H25N7O2S. The fraction of sp³-hybridized carbons (Fsp3) is 0.292. The molecule has 2 aromatic heterocycles. The van der Waals surface area contributed by atoms with Gasteiger partial charge in [-0.05, 0) is 37.0 Å². The van der Waals surface area contributed by atoms with Crippen molar-refractivity contribution >= 4 is 46.3 Å². The zero-order valence-corrected chi connectivity index (χ0v) is 19.5. The summed E-state index contributed by atoms with van der Waals surface area (Å²) in [5.41, 5.74) is 2.62. The molecule has 1 saturated heterocycles. The molecule has 3 N–H and O–H groups in total. The van der Waals surface area contributed by atoms with Gasteiger partial charge in [-0.25, -0.2) is 9.97 Å². The Morgan fingerprint density at radius 1 is 1.03 bits per heavy atom. The fourth-order valence-corrected chi connectivity index (χ4v) is 4.57. The van der Waals surface area contributed by atoms with Crippen LogP contribution in [0.25, 0.3) is 11.3 Å². The Kier molecular flexibility index (Phi) is 6.22. The molecule has 0 radical (unpaired) electrons. The van der Waals surface area contributed by atoms with Crippen molar-refractivity contribution in [3.63, 3.8) is 0 Å². The molecule has 2 aromatic carbocycles. The Labute approximate surface area is 201 Å². The van der Waals surface area contributed by atoms with Crippen molar-refractivity contribution in [2.24, 2.45) is 0 Å². The molecule has 0 aliphatic carbocycles. The van der Waals surface area contributed by atoms with Gasteiger partial charge >= 0.3 is 0 Å². The quantitative estimate of drug-likeness (QED) is 0.329. The zero-order chi connectivity index (χ0) is 23.5. The lowest BCUT2D eigenvalue weighted by molar-refractivity contribution is 0.0790. The van der Waals surface area contributed by atoms with E-state index in [0.717, 1.165) is 36.6 Å². The first-order valence-corrected chi connectivity index (χ1v) is 12.1. The van der Waals surface area contributed by atoms with Crippen molar-refractivity contribution in [1.29, 1.82) is 0 Å². The predicted octanol–water partition coefficient (Wildman–Crippen LogP) is 4.73. The number of para-hydroxylation sites is 1. The number of fused-ring (bicyclic) bond motifs is 1. The summed E-state index contributed by atoms with van der Waals surface area (Å²) in [5.74, 6) is 0.610. The number of aromatic hydroxyl groups is 1. The van der Waals surface area contributed by atoms with E-state index in [4.69, 9.17) is 0 Å². The molecule has 0 bridgehead atoms. The third-order valence-electron chi connectivity index (χ3n) is 5.95. The van der Waals surface area contributed by atoms with E-state index >= 15 is 0 Å². The van der Waals surface area contributed by atoms with E-state index in [9.17, 15) is 9.90 Å². The molecule has 4 aromatic rings. The van der Waals surface area contributed by atoms with E-state index < -0.39 is 0 Å². The van der Waals surface area contributed by atoms with Crippen LogP contribution in [0.4, 0.5) is 17.3 Å². The maximum absolute atomic E-state index is 12.9. The number of nitrogens with one attached hydrogen (secondary N) is 2. The number of likely N-dealkylation sites (tertiary alicyclic amines) is 1. The van der Waals surface area contributed by atoms with Gasteiger partial charge in [-0.15, -0.1) is 0 Å². The lowest BCUT2D eigenvalue weighted by Gasteiger charge is -2.21. The number of nitrogens with zero attached hydrogens (tertiary/aromatic N) is 5. The molecule has 3 heterocycles. The van der Waals surface area contributed by atoms with Gasteiger partial charge in [0, 0.05) is 13.1 Å². The molecular weight excluding hydrogens is 450 g/mol. The summed E-state index contributed by atoms with van der Waals surface area (Å²) in [6, 6.07) is 15.2. The largest absolute Gasteiger partial charge is 0.505 e. The summed E-state index contributed by atoms with van der Waals surface area (Å²) < 4.78 is 8.43.